The predicted molar refractivity (Wildman–Crippen MR) is 161 cm³/mol. The lowest BCUT2D eigenvalue weighted by Crippen LogP contribution is -2.52. The Bertz CT molecular complexity index is 1410. The van der Waals surface area contributed by atoms with Crippen LogP contribution in [-0.2, 0) is 26.2 Å². The number of rotatable bonds is 12. The molecule has 1 atom stereocenters. The molecule has 0 saturated heterocycles. The van der Waals surface area contributed by atoms with Gasteiger partial charge in [0.05, 0.1) is 10.6 Å². The van der Waals surface area contributed by atoms with E-state index in [0.29, 0.717) is 18.0 Å². The summed E-state index contributed by atoms with van der Waals surface area (Å²) in [5.74, 6) is -0.532. The number of nitrogens with one attached hydrogen (secondary N) is 1. The van der Waals surface area contributed by atoms with Crippen LogP contribution in [0.25, 0.3) is 0 Å². The van der Waals surface area contributed by atoms with Crippen molar-refractivity contribution in [1.29, 1.82) is 0 Å². The third-order valence-corrected chi connectivity index (χ3v) is 8.79. The SMILES string of the molecule is CCC(C(=O)NCC(C)C)N(Cc1ccccc1)C(=O)CN(c1ccc(C)c(Cl)c1)S(=O)(=O)c1ccc(C)cc1. The first-order valence-corrected chi connectivity index (χ1v) is 15.2. The molecule has 0 saturated carbocycles. The molecule has 0 fully saturated rings. The van der Waals surface area contributed by atoms with Gasteiger partial charge in [0.25, 0.3) is 10.0 Å². The van der Waals surface area contributed by atoms with Gasteiger partial charge >= 0.3 is 0 Å². The molecule has 1 N–H and O–H groups in total. The summed E-state index contributed by atoms with van der Waals surface area (Å²) >= 11 is 6.39. The van der Waals surface area contributed by atoms with Crippen molar-refractivity contribution in [1.82, 2.24) is 10.2 Å². The van der Waals surface area contributed by atoms with Crippen LogP contribution in [0, 0.1) is 19.8 Å². The third kappa shape index (κ3) is 7.86. The summed E-state index contributed by atoms with van der Waals surface area (Å²) in [4.78, 5) is 28.8. The Morgan fingerprint density at radius 2 is 1.60 bits per heavy atom. The largest absolute Gasteiger partial charge is 0.354 e. The van der Waals surface area contributed by atoms with Crippen LogP contribution in [0.1, 0.15) is 43.9 Å². The summed E-state index contributed by atoms with van der Waals surface area (Å²) in [6.07, 6.45) is 0.365. The predicted octanol–water partition coefficient (Wildman–Crippen LogP) is 5.73. The van der Waals surface area contributed by atoms with E-state index in [1.165, 1.54) is 17.0 Å². The highest BCUT2D eigenvalue weighted by molar-refractivity contribution is 7.92. The van der Waals surface area contributed by atoms with Crippen LogP contribution < -0.4 is 9.62 Å². The van der Waals surface area contributed by atoms with Gasteiger partial charge in [-0.25, -0.2) is 8.42 Å². The monoisotopic (exact) mass is 583 g/mol. The van der Waals surface area contributed by atoms with Crippen molar-refractivity contribution in [2.24, 2.45) is 5.92 Å². The Morgan fingerprint density at radius 1 is 0.950 bits per heavy atom. The number of hydrogen-bond acceptors (Lipinski definition) is 4. The van der Waals surface area contributed by atoms with E-state index >= 15 is 0 Å². The number of aryl methyl sites for hydroxylation is 2. The Hall–Kier alpha value is -3.36. The number of carbonyl (C=O) groups is 2. The molecule has 9 heteroatoms. The average Bonchev–Trinajstić information content (AvgIpc) is 2.92. The van der Waals surface area contributed by atoms with Gasteiger partial charge in [-0.1, -0.05) is 86.5 Å². The van der Waals surface area contributed by atoms with E-state index in [9.17, 15) is 18.0 Å². The lowest BCUT2D eigenvalue weighted by molar-refractivity contribution is -0.140. The topological polar surface area (TPSA) is 86.8 Å². The van der Waals surface area contributed by atoms with Gasteiger partial charge < -0.3 is 10.2 Å². The smallest absolute Gasteiger partial charge is 0.264 e. The number of benzene rings is 3. The van der Waals surface area contributed by atoms with Gasteiger partial charge in [-0.05, 0) is 61.6 Å². The van der Waals surface area contributed by atoms with E-state index < -0.39 is 28.5 Å². The van der Waals surface area contributed by atoms with E-state index in [4.69, 9.17) is 11.6 Å². The highest BCUT2D eigenvalue weighted by atomic mass is 35.5. The quantitative estimate of drug-likeness (QED) is 0.295. The van der Waals surface area contributed by atoms with Crippen molar-refractivity contribution in [3.63, 3.8) is 0 Å². The zero-order chi connectivity index (χ0) is 29.4. The maximum atomic E-state index is 14.1. The normalized spacial score (nSPS) is 12.2. The summed E-state index contributed by atoms with van der Waals surface area (Å²) < 4.78 is 29.0. The van der Waals surface area contributed by atoms with Crippen LogP contribution in [0.15, 0.2) is 77.7 Å². The lowest BCUT2D eigenvalue weighted by atomic mass is 10.1. The third-order valence-electron chi connectivity index (χ3n) is 6.60. The zero-order valence-electron chi connectivity index (χ0n) is 23.7. The highest BCUT2D eigenvalue weighted by Crippen LogP contribution is 2.29. The van der Waals surface area contributed by atoms with Crippen molar-refractivity contribution in [2.75, 3.05) is 17.4 Å². The molecule has 0 radical (unpaired) electrons. The van der Waals surface area contributed by atoms with Crippen molar-refractivity contribution < 1.29 is 18.0 Å². The minimum atomic E-state index is -4.15. The first-order chi connectivity index (χ1) is 18.9. The fourth-order valence-electron chi connectivity index (χ4n) is 4.23. The van der Waals surface area contributed by atoms with E-state index in [1.54, 1.807) is 30.3 Å². The standard InChI is InChI=1S/C31H38ClN3O4S/c1-6-29(31(37)33-19-22(2)3)34(20-25-10-8-7-9-11-25)30(36)21-35(26-15-14-24(5)28(32)18-26)40(38,39)27-16-12-23(4)13-17-27/h7-18,22,29H,6,19-21H2,1-5H3,(H,33,37). The lowest BCUT2D eigenvalue weighted by Gasteiger charge is -2.33. The Morgan fingerprint density at radius 3 is 2.17 bits per heavy atom. The minimum Gasteiger partial charge on any atom is -0.354 e. The van der Waals surface area contributed by atoms with E-state index in [1.807, 2.05) is 65.0 Å². The van der Waals surface area contributed by atoms with Gasteiger partial charge in [-0.3, -0.25) is 13.9 Å². The molecule has 0 aliphatic rings. The molecule has 3 aromatic carbocycles. The molecule has 0 aliphatic heterocycles. The molecule has 2 amide bonds. The number of anilines is 1. The Kier molecular flexibility index (Phi) is 10.8. The summed E-state index contributed by atoms with van der Waals surface area (Å²) in [6, 6.07) is 19.9. The molecule has 0 spiro atoms. The first-order valence-electron chi connectivity index (χ1n) is 13.4. The molecule has 0 heterocycles. The van der Waals surface area contributed by atoms with Gasteiger partial charge in [0.1, 0.15) is 12.6 Å². The molecule has 0 aliphatic carbocycles. The van der Waals surface area contributed by atoms with E-state index in [-0.39, 0.29) is 29.0 Å². The minimum absolute atomic E-state index is 0.0546. The second-order valence-electron chi connectivity index (χ2n) is 10.3. The summed E-state index contributed by atoms with van der Waals surface area (Å²) in [5, 5.41) is 3.32. The number of sulfonamides is 1. The van der Waals surface area contributed by atoms with Crippen LogP contribution in [-0.4, -0.2) is 44.3 Å². The number of hydrogen-bond donors (Lipinski definition) is 1. The van der Waals surface area contributed by atoms with Gasteiger partial charge in [0, 0.05) is 18.1 Å². The highest BCUT2D eigenvalue weighted by Gasteiger charge is 2.33. The van der Waals surface area contributed by atoms with Crippen molar-refractivity contribution in [3.8, 4) is 0 Å². The number of carbonyl (C=O) groups excluding carboxylic acids is 2. The van der Waals surface area contributed by atoms with Crippen LogP contribution in [0.3, 0.4) is 0 Å². The van der Waals surface area contributed by atoms with Gasteiger partial charge in [0.2, 0.25) is 11.8 Å². The van der Waals surface area contributed by atoms with E-state index in [0.717, 1.165) is 21.0 Å². The fourth-order valence-corrected chi connectivity index (χ4v) is 5.81. The van der Waals surface area contributed by atoms with Crippen molar-refractivity contribution in [2.45, 2.75) is 58.5 Å². The van der Waals surface area contributed by atoms with Gasteiger partial charge in [-0.2, -0.15) is 0 Å². The van der Waals surface area contributed by atoms with Gasteiger partial charge in [0.15, 0.2) is 0 Å². The van der Waals surface area contributed by atoms with Crippen LogP contribution >= 0.6 is 11.6 Å². The molecule has 214 valence electrons. The molecule has 0 bridgehead atoms. The summed E-state index contributed by atoms with van der Waals surface area (Å²) in [6.45, 7) is 9.64. The van der Waals surface area contributed by atoms with Crippen LogP contribution in [0.5, 0.6) is 0 Å². The average molecular weight is 584 g/mol. The zero-order valence-corrected chi connectivity index (χ0v) is 25.3. The Balaban J connectivity index is 2.05. The molecule has 40 heavy (non-hydrogen) atoms. The number of amides is 2. The second kappa shape index (κ2) is 13.8. The number of nitrogens with zero attached hydrogens (tertiary/aromatic N) is 2. The summed E-state index contributed by atoms with van der Waals surface area (Å²) in [5.41, 5.74) is 2.79. The first kappa shape index (κ1) is 31.2. The molecule has 7 nitrogen and oxygen atoms in total. The van der Waals surface area contributed by atoms with Crippen molar-refractivity contribution in [3.05, 3.63) is 94.5 Å². The maximum absolute atomic E-state index is 14.1. The Labute approximate surface area is 243 Å². The number of halogens is 1. The van der Waals surface area contributed by atoms with Crippen LogP contribution in [0.2, 0.25) is 5.02 Å². The molecular formula is C31H38ClN3O4S. The summed E-state index contributed by atoms with van der Waals surface area (Å²) in [7, 11) is -4.15. The van der Waals surface area contributed by atoms with Crippen molar-refractivity contribution >= 4 is 39.1 Å². The van der Waals surface area contributed by atoms with Crippen LogP contribution in [0.4, 0.5) is 5.69 Å². The molecular weight excluding hydrogens is 546 g/mol. The molecule has 1 unspecified atom stereocenters. The second-order valence-corrected chi connectivity index (χ2v) is 12.6. The molecule has 3 rings (SSSR count). The molecule has 3 aromatic rings. The van der Waals surface area contributed by atoms with E-state index in [2.05, 4.69) is 5.32 Å². The van der Waals surface area contributed by atoms with Gasteiger partial charge in [-0.15, -0.1) is 0 Å². The molecule has 0 aromatic heterocycles. The maximum Gasteiger partial charge on any atom is 0.264 e. The fraction of sp³-hybridized carbons (Fsp3) is 0.355.